The first-order valence-corrected chi connectivity index (χ1v) is 10.3. The van der Waals surface area contributed by atoms with Gasteiger partial charge in [-0.1, -0.05) is 0 Å². The van der Waals surface area contributed by atoms with Crippen LogP contribution in [0, 0.1) is 0 Å². The van der Waals surface area contributed by atoms with Crippen LogP contribution >= 0.6 is 23.2 Å². The number of nitrogens with one attached hydrogen (secondary N) is 1. The zero-order chi connectivity index (χ0) is 15.1. The van der Waals surface area contributed by atoms with Crippen LogP contribution in [0.2, 0.25) is 0 Å². The Morgan fingerprint density at radius 1 is 0.842 bits per heavy atom. The Labute approximate surface area is 125 Å². The molecule has 0 saturated carbocycles. The molecule has 116 valence electrons. The maximum absolute atomic E-state index is 11.4. The van der Waals surface area contributed by atoms with Gasteiger partial charge in [0.15, 0.2) is 19.7 Å². The molecule has 0 heterocycles. The van der Waals surface area contributed by atoms with Crippen molar-refractivity contribution in [2.75, 3.05) is 24.6 Å². The van der Waals surface area contributed by atoms with Crippen molar-refractivity contribution in [1.82, 2.24) is 5.32 Å². The lowest BCUT2D eigenvalue weighted by molar-refractivity contribution is 0.582. The third-order valence-corrected chi connectivity index (χ3v) is 7.88. The summed E-state index contributed by atoms with van der Waals surface area (Å²) in [5.41, 5.74) is 0. The fraction of sp³-hybridized carbons (Fsp3) is 1.00. The predicted octanol–water partition coefficient (Wildman–Crippen LogP) is 1.36. The van der Waals surface area contributed by atoms with Crippen LogP contribution in [0.3, 0.4) is 0 Å². The van der Waals surface area contributed by atoms with E-state index in [4.69, 9.17) is 23.2 Å². The van der Waals surface area contributed by atoms with E-state index in [-0.39, 0.29) is 11.5 Å². The normalized spacial score (nSPS) is 16.2. The SMILES string of the molecule is CC(Cl)S(=O)(=O)CCCNCCCS(=O)(=O)C(C)Cl. The maximum Gasteiger partial charge on any atom is 0.166 e. The molecule has 0 aliphatic rings. The number of sulfone groups is 2. The number of halogens is 2. The summed E-state index contributed by atoms with van der Waals surface area (Å²) in [6, 6.07) is 0. The van der Waals surface area contributed by atoms with Crippen molar-refractivity contribution in [2.24, 2.45) is 0 Å². The van der Waals surface area contributed by atoms with Crippen LogP contribution in [-0.2, 0) is 19.7 Å². The van der Waals surface area contributed by atoms with Gasteiger partial charge >= 0.3 is 0 Å². The molecule has 0 amide bonds. The molecule has 0 aromatic carbocycles. The minimum atomic E-state index is -3.21. The van der Waals surface area contributed by atoms with Gasteiger partial charge in [-0.25, -0.2) is 16.8 Å². The van der Waals surface area contributed by atoms with E-state index in [1.54, 1.807) is 0 Å². The van der Waals surface area contributed by atoms with Crippen LogP contribution in [0.1, 0.15) is 26.7 Å². The van der Waals surface area contributed by atoms with E-state index in [9.17, 15) is 16.8 Å². The highest BCUT2D eigenvalue weighted by molar-refractivity contribution is 7.93. The quantitative estimate of drug-likeness (QED) is 0.473. The smallest absolute Gasteiger partial charge is 0.166 e. The largest absolute Gasteiger partial charge is 0.317 e. The fourth-order valence-electron chi connectivity index (χ4n) is 1.25. The van der Waals surface area contributed by atoms with E-state index < -0.39 is 29.1 Å². The van der Waals surface area contributed by atoms with E-state index in [1.165, 1.54) is 13.8 Å². The molecule has 9 heteroatoms. The molecule has 0 aromatic rings. The first kappa shape index (κ1) is 19.4. The van der Waals surface area contributed by atoms with Crippen molar-refractivity contribution >= 4 is 42.9 Å². The molecule has 0 aromatic heterocycles. The van der Waals surface area contributed by atoms with Gasteiger partial charge in [0.2, 0.25) is 0 Å². The lowest BCUT2D eigenvalue weighted by Crippen LogP contribution is -2.24. The Balaban J connectivity index is 3.69. The third-order valence-electron chi connectivity index (χ3n) is 2.55. The molecule has 0 spiro atoms. The lowest BCUT2D eigenvalue weighted by Gasteiger charge is -2.08. The van der Waals surface area contributed by atoms with E-state index in [0.29, 0.717) is 25.9 Å². The minimum absolute atomic E-state index is 0.0294. The highest BCUT2D eigenvalue weighted by Gasteiger charge is 2.18. The fourth-order valence-corrected chi connectivity index (χ4v) is 3.52. The van der Waals surface area contributed by atoms with E-state index >= 15 is 0 Å². The molecular formula is C10H21Cl2NO4S2. The highest BCUT2D eigenvalue weighted by atomic mass is 35.5. The van der Waals surface area contributed by atoms with Crippen LogP contribution < -0.4 is 5.32 Å². The zero-order valence-corrected chi connectivity index (χ0v) is 14.2. The number of hydrogen-bond donors (Lipinski definition) is 1. The average Bonchev–Trinajstić information content (AvgIpc) is 2.27. The second-order valence-corrected chi connectivity index (χ2v) is 11.0. The monoisotopic (exact) mass is 353 g/mol. The first-order chi connectivity index (χ1) is 8.59. The minimum Gasteiger partial charge on any atom is -0.317 e. The van der Waals surface area contributed by atoms with Gasteiger partial charge in [-0.05, 0) is 39.8 Å². The maximum atomic E-state index is 11.4. The summed E-state index contributed by atoms with van der Waals surface area (Å²) in [5, 5.41) is 2.99. The van der Waals surface area contributed by atoms with E-state index in [0.717, 1.165) is 0 Å². The van der Waals surface area contributed by atoms with E-state index in [2.05, 4.69) is 5.32 Å². The van der Waals surface area contributed by atoms with Crippen molar-refractivity contribution in [3.05, 3.63) is 0 Å². The first-order valence-electron chi connectivity index (χ1n) is 6.01. The van der Waals surface area contributed by atoms with Crippen LogP contribution in [0.25, 0.3) is 0 Å². The third kappa shape index (κ3) is 8.34. The summed E-state index contributed by atoms with van der Waals surface area (Å²) in [6.45, 7) is 3.89. The molecule has 0 aliphatic heterocycles. The van der Waals surface area contributed by atoms with Gasteiger partial charge < -0.3 is 5.32 Å². The van der Waals surface area contributed by atoms with Gasteiger partial charge in [0, 0.05) is 0 Å². The Kier molecular flexibility index (Phi) is 8.87. The lowest BCUT2D eigenvalue weighted by atomic mass is 10.4. The van der Waals surface area contributed by atoms with Gasteiger partial charge in [-0.2, -0.15) is 0 Å². The number of alkyl halides is 2. The molecule has 0 saturated heterocycles. The summed E-state index contributed by atoms with van der Waals surface area (Å²) >= 11 is 11.0. The molecule has 0 aliphatic carbocycles. The standard InChI is InChI=1S/C10H21Cl2NO4S2/c1-9(11)18(14,15)7-3-5-13-6-4-8-19(16,17)10(2)12/h9-10,13H,3-8H2,1-2H3. The summed E-state index contributed by atoms with van der Waals surface area (Å²) in [4.78, 5) is 0. The Morgan fingerprint density at radius 2 is 1.16 bits per heavy atom. The van der Waals surface area contributed by atoms with Crippen LogP contribution in [0.15, 0.2) is 0 Å². The van der Waals surface area contributed by atoms with Crippen LogP contribution in [-0.4, -0.2) is 50.8 Å². The van der Waals surface area contributed by atoms with Gasteiger partial charge in [0.1, 0.15) is 9.42 Å². The van der Waals surface area contributed by atoms with Gasteiger partial charge in [-0.15, -0.1) is 23.2 Å². The number of hydrogen-bond acceptors (Lipinski definition) is 5. The predicted molar refractivity (Wildman–Crippen MR) is 80.3 cm³/mol. The topological polar surface area (TPSA) is 80.3 Å². The summed E-state index contributed by atoms with van der Waals surface area (Å²) < 4.78 is 43.7. The van der Waals surface area contributed by atoms with Gasteiger partial charge in [-0.3, -0.25) is 0 Å². The molecule has 1 N–H and O–H groups in total. The summed E-state index contributed by atoms with van der Waals surface area (Å²) in [5.74, 6) is 0.0589. The molecule has 19 heavy (non-hydrogen) atoms. The van der Waals surface area contributed by atoms with Gasteiger partial charge in [0.05, 0.1) is 11.5 Å². The number of rotatable bonds is 10. The molecule has 5 nitrogen and oxygen atoms in total. The second kappa shape index (κ2) is 8.67. The summed E-state index contributed by atoms with van der Waals surface area (Å²) in [7, 11) is -6.43. The second-order valence-electron chi connectivity index (χ2n) is 4.28. The van der Waals surface area contributed by atoms with Crippen molar-refractivity contribution in [1.29, 1.82) is 0 Å². The Morgan fingerprint density at radius 3 is 1.42 bits per heavy atom. The van der Waals surface area contributed by atoms with Crippen LogP contribution in [0.5, 0.6) is 0 Å². The van der Waals surface area contributed by atoms with Gasteiger partial charge in [0.25, 0.3) is 0 Å². The molecule has 2 unspecified atom stereocenters. The molecule has 2 atom stereocenters. The van der Waals surface area contributed by atoms with Crippen molar-refractivity contribution in [3.63, 3.8) is 0 Å². The molecular weight excluding hydrogens is 333 g/mol. The van der Waals surface area contributed by atoms with Crippen molar-refractivity contribution < 1.29 is 16.8 Å². The molecule has 0 rings (SSSR count). The van der Waals surface area contributed by atoms with Crippen molar-refractivity contribution in [2.45, 2.75) is 36.1 Å². The highest BCUT2D eigenvalue weighted by Crippen LogP contribution is 2.08. The Bertz CT molecular complexity index is 404. The molecule has 0 radical (unpaired) electrons. The Hall–Kier alpha value is 0.440. The van der Waals surface area contributed by atoms with E-state index in [1.807, 2.05) is 0 Å². The summed E-state index contributed by atoms with van der Waals surface area (Å²) in [6.07, 6.45) is 0.913. The molecule has 0 fully saturated rings. The average molecular weight is 354 g/mol. The molecule has 0 bridgehead atoms. The van der Waals surface area contributed by atoms with Crippen molar-refractivity contribution in [3.8, 4) is 0 Å². The van der Waals surface area contributed by atoms with Crippen LogP contribution in [0.4, 0.5) is 0 Å². The zero-order valence-electron chi connectivity index (χ0n) is 11.1.